The summed E-state index contributed by atoms with van der Waals surface area (Å²) in [4.78, 5) is 10.9. The van der Waals surface area contributed by atoms with Crippen LogP contribution in [0.15, 0.2) is 12.4 Å². The summed E-state index contributed by atoms with van der Waals surface area (Å²) < 4.78 is 5.56. The van der Waals surface area contributed by atoms with Crippen molar-refractivity contribution in [3.05, 3.63) is 12.4 Å². The highest BCUT2D eigenvalue weighted by Gasteiger charge is 2.17. The number of nitrogens with one attached hydrogen (secondary N) is 1. The van der Waals surface area contributed by atoms with Crippen LogP contribution >= 0.6 is 0 Å². The van der Waals surface area contributed by atoms with Crippen LogP contribution in [0.5, 0.6) is 5.88 Å². The number of anilines is 1. The molecule has 5 nitrogen and oxygen atoms in total. The van der Waals surface area contributed by atoms with Crippen LogP contribution in [0.25, 0.3) is 0 Å². The highest BCUT2D eigenvalue weighted by molar-refractivity contribution is 5.38. The average Bonchev–Trinajstić information content (AvgIpc) is 2.28. The highest BCUT2D eigenvalue weighted by atomic mass is 16.5. The van der Waals surface area contributed by atoms with Crippen LogP contribution in [0.2, 0.25) is 0 Å². The zero-order valence-corrected chi connectivity index (χ0v) is 10.7. The van der Waals surface area contributed by atoms with Crippen molar-refractivity contribution in [3.63, 3.8) is 0 Å². The van der Waals surface area contributed by atoms with Gasteiger partial charge in [0.1, 0.15) is 0 Å². The molecule has 17 heavy (non-hydrogen) atoms. The first-order valence-corrected chi connectivity index (χ1v) is 6.12. The van der Waals surface area contributed by atoms with Crippen molar-refractivity contribution in [2.45, 2.75) is 32.9 Å². The summed E-state index contributed by atoms with van der Waals surface area (Å²) in [6, 6.07) is 0.486. The van der Waals surface area contributed by atoms with Gasteiger partial charge in [-0.15, -0.1) is 0 Å². The maximum absolute atomic E-state index is 5.56. The lowest BCUT2D eigenvalue weighted by molar-refractivity contribution is 0.231. The summed E-state index contributed by atoms with van der Waals surface area (Å²) in [5, 5.41) is 3.41. The molecule has 0 amide bonds. The summed E-state index contributed by atoms with van der Waals surface area (Å²) in [6.45, 7) is 9.05. The third kappa shape index (κ3) is 3.30. The fraction of sp³-hybridized carbons (Fsp3) is 0.667. The van der Waals surface area contributed by atoms with Gasteiger partial charge in [0, 0.05) is 25.7 Å². The predicted octanol–water partition coefficient (Wildman–Crippen LogP) is 1.06. The second kappa shape index (κ2) is 5.31. The molecule has 1 atom stereocenters. The van der Waals surface area contributed by atoms with Crippen molar-refractivity contribution >= 4 is 5.82 Å². The molecule has 1 fully saturated rings. The predicted molar refractivity (Wildman–Crippen MR) is 67.5 cm³/mol. The Morgan fingerprint density at radius 3 is 3.00 bits per heavy atom. The van der Waals surface area contributed by atoms with E-state index in [1.807, 2.05) is 13.8 Å². The quantitative estimate of drug-likeness (QED) is 0.850. The van der Waals surface area contributed by atoms with E-state index in [-0.39, 0.29) is 6.10 Å². The maximum atomic E-state index is 5.56. The molecule has 1 aliphatic rings. The van der Waals surface area contributed by atoms with Crippen LogP contribution in [0.1, 0.15) is 20.8 Å². The lowest BCUT2D eigenvalue weighted by Gasteiger charge is -2.32. The Morgan fingerprint density at radius 2 is 2.29 bits per heavy atom. The van der Waals surface area contributed by atoms with Crippen molar-refractivity contribution in [2.75, 3.05) is 24.5 Å². The minimum atomic E-state index is 0.126. The Labute approximate surface area is 102 Å². The molecule has 94 valence electrons. The molecule has 1 aromatic heterocycles. The highest BCUT2D eigenvalue weighted by Crippen LogP contribution is 2.16. The lowest BCUT2D eigenvalue weighted by Crippen LogP contribution is -2.49. The molecule has 0 spiro atoms. The van der Waals surface area contributed by atoms with Gasteiger partial charge in [-0.05, 0) is 20.8 Å². The molecule has 0 saturated carbocycles. The van der Waals surface area contributed by atoms with Crippen molar-refractivity contribution < 1.29 is 4.74 Å². The van der Waals surface area contributed by atoms with Crippen LogP contribution in [0.4, 0.5) is 5.82 Å². The number of aromatic nitrogens is 2. The molecule has 2 heterocycles. The number of hydrogen-bond donors (Lipinski definition) is 1. The molecule has 1 aliphatic heterocycles. The molecule has 0 radical (unpaired) electrons. The van der Waals surface area contributed by atoms with Crippen molar-refractivity contribution in [3.8, 4) is 5.88 Å². The minimum Gasteiger partial charge on any atom is -0.474 e. The van der Waals surface area contributed by atoms with E-state index in [1.165, 1.54) is 0 Å². The van der Waals surface area contributed by atoms with Gasteiger partial charge in [0.25, 0.3) is 0 Å². The van der Waals surface area contributed by atoms with Gasteiger partial charge in [0.05, 0.1) is 18.5 Å². The van der Waals surface area contributed by atoms with Crippen molar-refractivity contribution in [2.24, 2.45) is 0 Å². The van der Waals surface area contributed by atoms with Gasteiger partial charge >= 0.3 is 0 Å². The smallest absolute Gasteiger partial charge is 0.234 e. The molecule has 0 unspecified atom stereocenters. The first kappa shape index (κ1) is 12.1. The van der Waals surface area contributed by atoms with Crippen molar-refractivity contribution in [1.29, 1.82) is 0 Å². The summed E-state index contributed by atoms with van der Waals surface area (Å²) in [5.41, 5.74) is 0. The Bertz CT molecular complexity index is 369. The maximum Gasteiger partial charge on any atom is 0.234 e. The lowest BCUT2D eigenvalue weighted by atomic mass is 10.2. The Kier molecular flexibility index (Phi) is 3.78. The molecule has 5 heteroatoms. The normalized spacial score (nSPS) is 20.7. The third-order valence-corrected chi connectivity index (χ3v) is 2.65. The van der Waals surface area contributed by atoms with Crippen LogP contribution < -0.4 is 15.0 Å². The molecule has 1 saturated heterocycles. The fourth-order valence-corrected chi connectivity index (χ4v) is 1.93. The summed E-state index contributed by atoms with van der Waals surface area (Å²) in [7, 11) is 0. The fourth-order valence-electron chi connectivity index (χ4n) is 1.93. The topological polar surface area (TPSA) is 50.3 Å². The van der Waals surface area contributed by atoms with Crippen LogP contribution in [-0.4, -0.2) is 41.7 Å². The molecular formula is C12H20N4O. The van der Waals surface area contributed by atoms with Gasteiger partial charge in [-0.2, -0.15) is 4.98 Å². The molecular weight excluding hydrogens is 216 g/mol. The van der Waals surface area contributed by atoms with E-state index < -0.39 is 0 Å². The van der Waals surface area contributed by atoms with E-state index in [1.54, 1.807) is 12.4 Å². The molecule has 0 aliphatic carbocycles. The van der Waals surface area contributed by atoms with Crippen LogP contribution in [-0.2, 0) is 0 Å². The number of nitrogens with zero attached hydrogens (tertiary/aromatic N) is 3. The minimum absolute atomic E-state index is 0.126. The number of ether oxygens (including phenoxy) is 1. The number of rotatable bonds is 3. The van der Waals surface area contributed by atoms with Crippen molar-refractivity contribution in [1.82, 2.24) is 15.3 Å². The van der Waals surface area contributed by atoms with Gasteiger partial charge in [0.15, 0.2) is 5.82 Å². The standard InChI is InChI=1S/C12H20N4O/c1-9(2)17-12-7-13-6-11(15-12)16-5-4-14-10(3)8-16/h6-7,9-10,14H,4-5,8H2,1-3H3/t10-/m0/s1. The zero-order valence-electron chi connectivity index (χ0n) is 10.7. The summed E-state index contributed by atoms with van der Waals surface area (Å²) >= 11 is 0. The van der Waals surface area contributed by atoms with Gasteiger partial charge in [-0.1, -0.05) is 0 Å². The summed E-state index contributed by atoms with van der Waals surface area (Å²) in [5.74, 6) is 1.50. The first-order valence-electron chi connectivity index (χ1n) is 6.12. The van der Waals surface area contributed by atoms with Gasteiger partial charge in [-0.3, -0.25) is 4.98 Å². The third-order valence-electron chi connectivity index (χ3n) is 2.65. The number of piperazine rings is 1. The molecule has 2 rings (SSSR count). The van der Waals surface area contributed by atoms with E-state index in [0.717, 1.165) is 25.5 Å². The van der Waals surface area contributed by atoms with E-state index >= 15 is 0 Å². The van der Waals surface area contributed by atoms with Crippen LogP contribution in [0.3, 0.4) is 0 Å². The molecule has 1 aromatic rings. The average molecular weight is 236 g/mol. The Hall–Kier alpha value is -1.36. The van der Waals surface area contributed by atoms with Gasteiger partial charge < -0.3 is 15.0 Å². The van der Waals surface area contributed by atoms with E-state index in [4.69, 9.17) is 4.74 Å². The van der Waals surface area contributed by atoms with E-state index in [0.29, 0.717) is 11.9 Å². The van der Waals surface area contributed by atoms with Gasteiger partial charge in [-0.25, -0.2) is 0 Å². The van der Waals surface area contributed by atoms with Gasteiger partial charge in [0.2, 0.25) is 5.88 Å². The Balaban J connectivity index is 2.09. The molecule has 0 aromatic carbocycles. The zero-order chi connectivity index (χ0) is 12.3. The van der Waals surface area contributed by atoms with E-state index in [2.05, 4.69) is 27.1 Å². The number of hydrogen-bond acceptors (Lipinski definition) is 5. The monoisotopic (exact) mass is 236 g/mol. The Morgan fingerprint density at radius 1 is 1.47 bits per heavy atom. The summed E-state index contributed by atoms with van der Waals surface area (Å²) in [6.07, 6.45) is 3.59. The second-order valence-corrected chi connectivity index (χ2v) is 4.68. The van der Waals surface area contributed by atoms with E-state index in [9.17, 15) is 0 Å². The molecule has 0 bridgehead atoms. The first-order chi connectivity index (χ1) is 8.15. The SMILES string of the molecule is CC(C)Oc1cncc(N2CCN[C@@H](C)C2)n1. The van der Waals surface area contributed by atoms with Crippen LogP contribution in [0, 0.1) is 0 Å². The second-order valence-electron chi connectivity index (χ2n) is 4.68. The molecule has 1 N–H and O–H groups in total. The largest absolute Gasteiger partial charge is 0.474 e.